The van der Waals surface area contributed by atoms with Crippen molar-refractivity contribution in [2.45, 2.75) is 32.6 Å². The van der Waals surface area contributed by atoms with Crippen LogP contribution in [0.2, 0.25) is 0 Å². The molecule has 0 amide bonds. The highest BCUT2D eigenvalue weighted by Gasteiger charge is 2.16. The summed E-state index contributed by atoms with van der Waals surface area (Å²) in [6.07, 6.45) is 4.89. The van der Waals surface area contributed by atoms with Gasteiger partial charge in [-0.2, -0.15) is 4.68 Å². The fraction of sp³-hybridized carbons (Fsp3) is 0.263. The zero-order valence-electron chi connectivity index (χ0n) is 13.3. The maximum Gasteiger partial charge on any atom is 0.155 e. The zero-order chi connectivity index (χ0) is 15.8. The van der Waals surface area contributed by atoms with Gasteiger partial charge in [-0.25, -0.2) is 0 Å². The summed E-state index contributed by atoms with van der Waals surface area (Å²) in [7, 11) is 0. The first-order chi connectivity index (χ1) is 11.2. The van der Waals surface area contributed by atoms with Crippen molar-refractivity contribution in [3.05, 3.63) is 59.2 Å². The summed E-state index contributed by atoms with van der Waals surface area (Å²) < 4.78 is 1.71. The van der Waals surface area contributed by atoms with E-state index in [4.69, 9.17) is 5.73 Å². The molecule has 0 saturated carbocycles. The van der Waals surface area contributed by atoms with Crippen LogP contribution in [0.5, 0.6) is 0 Å². The van der Waals surface area contributed by atoms with Crippen LogP contribution in [0.1, 0.15) is 29.5 Å². The van der Waals surface area contributed by atoms with Gasteiger partial charge in [-0.3, -0.25) is 0 Å². The lowest BCUT2D eigenvalue weighted by Crippen LogP contribution is -2.04. The van der Waals surface area contributed by atoms with Crippen molar-refractivity contribution >= 4 is 5.82 Å². The third kappa shape index (κ3) is 2.50. The SMILES string of the molecule is Cc1cccc(-n2nnc(-c3ccc4c(c3)CCCC4)c2N)c1. The molecule has 116 valence electrons. The molecular formula is C19H20N4. The first kappa shape index (κ1) is 14.0. The largest absolute Gasteiger partial charge is 0.382 e. The third-order valence-electron chi connectivity index (χ3n) is 4.57. The fourth-order valence-electron chi connectivity index (χ4n) is 3.33. The Kier molecular flexibility index (Phi) is 3.37. The number of nitrogens with two attached hydrogens (primary N) is 1. The number of anilines is 1. The van der Waals surface area contributed by atoms with Crippen molar-refractivity contribution in [3.8, 4) is 16.9 Å². The summed E-state index contributed by atoms with van der Waals surface area (Å²) in [4.78, 5) is 0. The highest BCUT2D eigenvalue weighted by atomic mass is 15.5. The van der Waals surface area contributed by atoms with Crippen LogP contribution in [0, 0.1) is 6.92 Å². The van der Waals surface area contributed by atoms with Crippen LogP contribution in [0.25, 0.3) is 16.9 Å². The summed E-state index contributed by atoms with van der Waals surface area (Å²) >= 11 is 0. The van der Waals surface area contributed by atoms with Gasteiger partial charge in [0.15, 0.2) is 5.82 Å². The molecule has 3 aromatic rings. The van der Waals surface area contributed by atoms with Gasteiger partial charge in [0.1, 0.15) is 5.69 Å². The topological polar surface area (TPSA) is 56.7 Å². The Labute approximate surface area is 135 Å². The van der Waals surface area contributed by atoms with Gasteiger partial charge in [-0.15, -0.1) is 5.10 Å². The molecule has 2 N–H and O–H groups in total. The third-order valence-corrected chi connectivity index (χ3v) is 4.57. The summed E-state index contributed by atoms with van der Waals surface area (Å²) in [6.45, 7) is 2.06. The lowest BCUT2D eigenvalue weighted by atomic mass is 9.90. The zero-order valence-corrected chi connectivity index (χ0v) is 13.3. The summed E-state index contributed by atoms with van der Waals surface area (Å²) in [5, 5.41) is 8.59. The quantitative estimate of drug-likeness (QED) is 0.785. The molecule has 4 rings (SSSR count). The van der Waals surface area contributed by atoms with Crippen molar-refractivity contribution < 1.29 is 0 Å². The fourth-order valence-corrected chi connectivity index (χ4v) is 3.33. The van der Waals surface area contributed by atoms with Gasteiger partial charge in [-0.1, -0.05) is 29.5 Å². The molecule has 0 fully saturated rings. The normalized spacial score (nSPS) is 13.8. The van der Waals surface area contributed by atoms with Crippen LogP contribution in [0.3, 0.4) is 0 Å². The molecule has 0 atom stereocenters. The monoisotopic (exact) mass is 304 g/mol. The molecule has 4 nitrogen and oxygen atoms in total. The van der Waals surface area contributed by atoms with E-state index in [9.17, 15) is 0 Å². The molecule has 0 spiro atoms. The molecule has 1 heterocycles. The van der Waals surface area contributed by atoms with E-state index >= 15 is 0 Å². The van der Waals surface area contributed by atoms with Gasteiger partial charge >= 0.3 is 0 Å². The molecule has 0 radical (unpaired) electrons. The van der Waals surface area contributed by atoms with E-state index in [1.54, 1.807) is 4.68 Å². The van der Waals surface area contributed by atoms with Gasteiger partial charge in [0.25, 0.3) is 0 Å². The Balaban J connectivity index is 1.76. The van der Waals surface area contributed by atoms with Gasteiger partial charge in [-0.05, 0) is 67.5 Å². The molecule has 1 aliphatic carbocycles. The molecule has 4 heteroatoms. The molecular weight excluding hydrogens is 284 g/mol. The average molecular weight is 304 g/mol. The molecule has 23 heavy (non-hydrogen) atoms. The highest BCUT2D eigenvalue weighted by Crippen LogP contribution is 2.30. The Hall–Kier alpha value is -2.62. The lowest BCUT2D eigenvalue weighted by molar-refractivity contribution is 0.686. The predicted molar refractivity (Wildman–Crippen MR) is 92.6 cm³/mol. The number of rotatable bonds is 2. The van der Waals surface area contributed by atoms with Crippen LogP contribution in [0.4, 0.5) is 5.82 Å². The molecule has 1 aromatic heterocycles. The molecule has 2 aromatic carbocycles. The lowest BCUT2D eigenvalue weighted by Gasteiger charge is -2.16. The second kappa shape index (κ2) is 5.54. The van der Waals surface area contributed by atoms with Crippen LogP contribution in [-0.2, 0) is 12.8 Å². The van der Waals surface area contributed by atoms with Gasteiger partial charge < -0.3 is 5.73 Å². The predicted octanol–water partition coefficient (Wildman–Crippen LogP) is 3.70. The number of hydrogen-bond acceptors (Lipinski definition) is 3. The minimum atomic E-state index is 0.589. The second-order valence-corrected chi connectivity index (χ2v) is 6.26. The highest BCUT2D eigenvalue weighted by molar-refractivity contribution is 5.72. The smallest absolute Gasteiger partial charge is 0.155 e. The summed E-state index contributed by atoms with van der Waals surface area (Å²) in [5.41, 5.74) is 13.2. The van der Waals surface area contributed by atoms with E-state index in [0.29, 0.717) is 5.82 Å². The molecule has 1 aliphatic rings. The standard InChI is InChI=1S/C19H20N4/c1-13-5-4-8-17(11-13)23-19(20)18(21-22-23)16-10-9-14-6-2-3-7-15(14)12-16/h4-5,8-12H,2-3,6-7,20H2,1H3. The van der Waals surface area contributed by atoms with Gasteiger partial charge in [0.2, 0.25) is 0 Å². The first-order valence-electron chi connectivity index (χ1n) is 8.13. The van der Waals surface area contributed by atoms with E-state index < -0.39 is 0 Å². The average Bonchev–Trinajstić information content (AvgIpc) is 2.96. The second-order valence-electron chi connectivity index (χ2n) is 6.26. The minimum absolute atomic E-state index is 0.589. The van der Waals surface area contributed by atoms with E-state index in [2.05, 4.69) is 47.6 Å². The van der Waals surface area contributed by atoms with Crippen LogP contribution in [-0.4, -0.2) is 15.0 Å². The van der Waals surface area contributed by atoms with Crippen LogP contribution < -0.4 is 5.73 Å². The molecule has 0 unspecified atom stereocenters. The first-order valence-corrected chi connectivity index (χ1v) is 8.13. The Morgan fingerprint density at radius 3 is 2.65 bits per heavy atom. The summed E-state index contributed by atoms with van der Waals surface area (Å²) in [6, 6.07) is 14.7. The number of nitrogen functional groups attached to an aromatic ring is 1. The Morgan fingerprint density at radius 1 is 1.00 bits per heavy atom. The van der Waals surface area contributed by atoms with Crippen molar-refractivity contribution in [3.63, 3.8) is 0 Å². The number of aryl methyl sites for hydroxylation is 3. The van der Waals surface area contributed by atoms with Crippen LogP contribution >= 0.6 is 0 Å². The Bertz CT molecular complexity index is 864. The molecule has 0 saturated heterocycles. The van der Waals surface area contributed by atoms with E-state index in [0.717, 1.165) is 23.4 Å². The maximum absolute atomic E-state index is 6.33. The van der Waals surface area contributed by atoms with Gasteiger partial charge in [0.05, 0.1) is 5.69 Å². The number of hydrogen-bond donors (Lipinski definition) is 1. The Morgan fingerprint density at radius 2 is 1.83 bits per heavy atom. The van der Waals surface area contributed by atoms with Crippen molar-refractivity contribution in [2.24, 2.45) is 0 Å². The maximum atomic E-state index is 6.33. The van der Waals surface area contributed by atoms with Gasteiger partial charge in [0, 0.05) is 5.56 Å². The van der Waals surface area contributed by atoms with Crippen molar-refractivity contribution in [1.29, 1.82) is 0 Å². The van der Waals surface area contributed by atoms with E-state index in [1.165, 1.54) is 36.0 Å². The number of aromatic nitrogens is 3. The number of benzene rings is 2. The summed E-state index contributed by atoms with van der Waals surface area (Å²) in [5.74, 6) is 0.589. The molecule has 0 bridgehead atoms. The van der Waals surface area contributed by atoms with Crippen LogP contribution in [0.15, 0.2) is 42.5 Å². The van der Waals surface area contributed by atoms with Crippen molar-refractivity contribution in [1.82, 2.24) is 15.0 Å². The van der Waals surface area contributed by atoms with Crippen molar-refractivity contribution in [2.75, 3.05) is 5.73 Å². The number of nitrogens with zero attached hydrogens (tertiary/aromatic N) is 3. The van der Waals surface area contributed by atoms with E-state index in [1.807, 2.05) is 12.1 Å². The molecule has 0 aliphatic heterocycles. The number of fused-ring (bicyclic) bond motifs is 1. The minimum Gasteiger partial charge on any atom is -0.382 e. The van der Waals surface area contributed by atoms with E-state index in [-0.39, 0.29) is 0 Å².